The lowest BCUT2D eigenvalue weighted by Gasteiger charge is -2.25. The Labute approximate surface area is 150 Å². The van der Waals surface area contributed by atoms with Crippen LogP contribution >= 0.6 is 0 Å². The molecule has 26 heavy (non-hydrogen) atoms. The number of aryl methyl sites for hydroxylation is 1. The van der Waals surface area contributed by atoms with E-state index in [0.717, 1.165) is 37.6 Å². The first kappa shape index (κ1) is 18.6. The molecule has 0 saturated heterocycles. The highest BCUT2D eigenvalue weighted by atomic mass is 32.2. The number of halogens is 3. The minimum absolute atomic E-state index is 0.229. The van der Waals surface area contributed by atoms with Crippen LogP contribution in [-0.2, 0) is 22.6 Å². The maximum Gasteiger partial charge on any atom is 0.420 e. The molecule has 2 aromatic rings. The van der Waals surface area contributed by atoms with Gasteiger partial charge in [-0.1, -0.05) is 18.2 Å². The summed E-state index contributed by atoms with van der Waals surface area (Å²) in [5.74, 6) is -0.410. The Kier molecular flexibility index (Phi) is 4.88. The zero-order valence-electron chi connectivity index (χ0n) is 14.1. The van der Waals surface area contributed by atoms with Gasteiger partial charge in [-0.3, -0.25) is 4.31 Å². The van der Waals surface area contributed by atoms with Crippen LogP contribution in [0.1, 0.15) is 24.0 Å². The van der Waals surface area contributed by atoms with Crippen LogP contribution in [0, 0.1) is 0 Å². The molecule has 0 aromatic heterocycles. The summed E-state index contributed by atoms with van der Waals surface area (Å²) >= 11 is 0. The molecule has 1 aliphatic heterocycles. The molecule has 4 nitrogen and oxygen atoms in total. The molecule has 8 heteroatoms. The third kappa shape index (κ3) is 3.38. The second-order valence-electron chi connectivity index (χ2n) is 6.02. The summed E-state index contributed by atoms with van der Waals surface area (Å²) in [5.41, 5.74) is 0.289. The number of alkyl halides is 3. The van der Waals surface area contributed by atoms with Crippen LogP contribution < -0.4 is 9.04 Å². The summed E-state index contributed by atoms with van der Waals surface area (Å²) in [5, 5.41) is 0. The van der Waals surface area contributed by atoms with E-state index in [-0.39, 0.29) is 6.54 Å². The van der Waals surface area contributed by atoms with Crippen molar-refractivity contribution in [1.29, 1.82) is 0 Å². The molecular weight excluding hydrogens is 367 g/mol. The van der Waals surface area contributed by atoms with Gasteiger partial charge in [-0.05, 0) is 49.1 Å². The van der Waals surface area contributed by atoms with Crippen molar-refractivity contribution < 1.29 is 26.3 Å². The fourth-order valence-corrected chi connectivity index (χ4v) is 4.67. The number of ether oxygens (including phenoxy) is 1. The molecule has 0 fully saturated rings. The lowest BCUT2D eigenvalue weighted by atomic mass is 10.1. The largest absolute Gasteiger partial charge is 0.496 e. The Bertz CT molecular complexity index is 910. The number of nitrogens with zero attached hydrogens (tertiary/aromatic N) is 1. The molecule has 0 aliphatic carbocycles. The standard InChI is InChI=1S/C18H18F3NO3S/c1-25-17-10-9-14(12-15(17)18(19,20)21)26(23,24)22-11-5-4-7-13-6-2-3-8-16(13)22/h2-3,6,8-10,12H,4-5,7,11H2,1H3. The van der Waals surface area contributed by atoms with Crippen molar-refractivity contribution in [1.82, 2.24) is 0 Å². The minimum Gasteiger partial charge on any atom is -0.496 e. The third-order valence-corrected chi connectivity index (χ3v) is 6.19. The number of methoxy groups -OCH3 is 1. The van der Waals surface area contributed by atoms with Crippen molar-refractivity contribution >= 4 is 15.7 Å². The number of para-hydroxylation sites is 1. The molecule has 0 saturated carbocycles. The van der Waals surface area contributed by atoms with Crippen molar-refractivity contribution in [2.24, 2.45) is 0 Å². The Morgan fingerprint density at radius 2 is 1.81 bits per heavy atom. The van der Waals surface area contributed by atoms with Gasteiger partial charge in [0.05, 0.1) is 23.3 Å². The summed E-state index contributed by atoms with van der Waals surface area (Å²) in [7, 11) is -3.01. The van der Waals surface area contributed by atoms with Crippen LogP contribution in [-0.4, -0.2) is 22.1 Å². The summed E-state index contributed by atoms with van der Waals surface area (Å²) in [6.07, 6.45) is -2.53. The molecule has 140 valence electrons. The summed E-state index contributed by atoms with van der Waals surface area (Å²) in [4.78, 5) is -0.401. The fourth-order valence-electron chi connectivity index (χ4n) is 3.10. The first-order chi connectivity index (χ1) is 12.2. The van der Waals surface area contributed by atoms with Crippen molar-refractivity contribution in [2.45, 2.75) is 30.3 Å². The highest BCUT2D eigenvalue weighted by molar-refractivity contribution is 7.92. The molecular formula is C18H18F3NO3S. The first-order valence-corrected chi connectivity index (χ1v) is 9.55. The van der Waals surface area contributed by atoms with Gasteiger partial charge in [-0.2, -0.15) is 13.2 Å². The molecule has 0 N–H and O–H groups in total. The van der Waals surface area contributed by atoms with Crippen LogP contribution in [0.15, 0.2) is 47.4 Å². The van der Waals surface area contributed by atoms with E-state index in [2.05, 4.69) is 0 Å². The Balaban J connectivity index is 2.12. The third-order valence-electron chi connectivity index (χ3n) is 4.38. The van der Waals surface area contributed by atoms with Gasteiger partial charge in [0, 0.05) is 6.54 Å². The van der Waals surface area contributed by atoms with Crippen LogP contribution in [0.4, 0.5) is 18.9 Å². The Morgan fingerprint density at radius 3 is 2.50 bits per heavy atom. The maximum atomic E-state index is 13.3. The molecule has 1 aliphatic rings. The second-order valence-corrected chi connectivity index (χ2v) is 7.89. The number of fused-ring (bicyclic) bond motifs is 1. The topological polar surface area (TPSA) is 46.6 Å². The van der Waals surface area contributed by atoms with Gasteiger partial charge < -0.3 is 4.74 Å². The molecule has 0 bridgehead atoms. The van der Waals surface area contributed by atoms with Crippen molar-refractivity contribution in [3.8, 4) is 5.75 Å². The molecule has 0 spiro atoms. The summed E-state index contributed by atoms with van der Waals surface area (Å²) < 4.78 is 71.9. The smallest absolute Gasteiger partial charge is 0.420 e. The number of sulfonamides is 1. The molecule has 0 atom stereocenters. The van der Waals surface area contributed by atoms with Gasteiger partial charge in [0.25, 0.3) is 10.0 Å². The minimum atomic E-state index is -4.71. The number of hydrogen-bond donors (Lipinski definition) is 0. The van der Waals surface area contributed by atoms with Crippen LogP contribution in [0.3, 0.4) is 0 Å². The van der Waals surface area contributed by atoms with Crippen LogP contribution in [0.5, 0.6) is 5.75 Å². The molecule has 1 heterocycles. The van der Waals surface area contributed by atoms with E-state index in [1.54, 1.807) is 12.1 Å². The number of rotatable bonds is 3. The van der Waals surface area contributed by atoms with Crippen molar-refractivity contribution in [3.63, 3.8) is 0 Å². The van der Waals surface area contributed by atoms with Gasteiger partial charge >= 0.3 is 6.18 Å². The van der Waals surface area contributed by atoms with Crippen LogP contribution in [0.25, 0.3) is 0 Å². The van der Waals surface area contributed by atoms with Gasteiger partial charge in [-0.15, -0.1) is 0 Å². The summed E-state index contributed by atoms with van der Waals surface area (Å²) in [6, 6.07) is 9.91. The second kappa shape index (κ2) is 6.83. The first-order valence-electron chi connectivity index (χ1n) is 8.11. The summed E-state index contributed by atoms with van der Waals surface area (Å²) in [6.45, 7) is 0.229. The number of hydrogen-bond acceptors (Lipinski definition) is 3. The van der Waals surface area contributed by atoms with Gasteiger partial charge in [0.15, 0.2) is 0 Å². The van der Waals surface area contributed by atoms with E-state index in [9.17, 15) is 21.6 Å². The predicted molar refractivity (Wildman–Crippen MR) is 91.9 cm³/mol. The average Bonchev–Trinajstić information content (AvgIpc) is 2.83. The van der Waals surface area contributed by atoms with Crippen molar-refractivity contribution in [3.05, 3.63) is 53.6 Å². The lowest BCUT2D eigenvalue weighted by molar-refractivity contribution is -0.138. The monoisotopic (exact) mass is 385 g/mol. The molecule has 0 unspecified atom stereocenters. The normalized spacial score (nSPS) is 15.3. The Hall–Kier alpha value is -2.22. The van der Waals surface area contributed by atoms with E-state index < -0.39 is 32.4 Å². The van der Waals surface area contributed by atoms with Gasteiger partial charge in [-0.25, -0.2) is 8.42 Å². The average molecular weight is 385 g/mol. The number of anilines is 1. The predicted octanol–water partition coefficient (Wildman–Crippen LogP) is 4.25. The quantitative estimate of drug-likeness (QED) is 0.794. The molecule has 0 amide bonds. The van der Waals surface area contributed by atoms with Gasteiger partial charge in [0.1, 0.15) is 5.75 Å². The SMILES string of the molecule is COc1ccc(S(=O)(=O)N2CCCCc3ccccc32)cc1C(F)(F)F. The number of benzene rings is 2. The molecule has 3 rings (SSSR count). The van der Waals surface area contributed by atoms with E-state index in [1.165, 1.54) is 4.31 Å². The Morgan fingerprint density at radius 1 is 1.08 bits per heavy atom. The van der Waals surface area contributed by atoms with E-state index >= 15 is 0 Å². The molecule has 0 radical (unpaired) electrons. The highest BCUT2D eigenvalue weighted by Crippen LogP contribution is 2.39. The lowest BCUT2D eigenvalue weighted by Crippen LogP contribution is -2.32. The van der Waals surface area contributed by atoms with Gasteiger partial charge in [0.2, 0.25) is 0 Å². The fraction of sp³-hybridized carbons (Fsp3) is 0.333. The molecule has 2 aromatic carbocycles. The van der Waals surface area contributed by atoms with Crippen molar-refractivity contribution in [2.75, 3.05) is 18.0 Å². The van der Waals surface area contributed by atoms with Crippen LogP contribution in [0.2, 0.25) is 0 Å². The zero-order valence-corrected chi connectivity index (χ0v) is 14.9. The van der Waals surface area contributed by atoms with E-state index in [0.29, 0.717) is 18.2 Å². The van der Waals surface area contributed by atoms with E-state index in [1.807, 2.05) is 12.1 Å². The maximum absolute atomic E-state index is 13.3. The highest BCUT2D eigenvalue weighted by Gasteiger charge is 2.37. The zero-order chi connectivity index (χ0) is 18.9. The van der Waals surface area contributed by atoms with E-state index in [4.69, 9.17) is 4.74 Å².